The summed E-state index contributed by atoms with van der Waals surface area (Å²) in [5.41, 5.74) is 0. The number of aliphatic hydroxyl groups is 4. The van der Waals surface area contributed by atoms with Crippen molar-refractivity contribution in [1.82, 2.24) is 5.32 Å². The van der Waals surface area contributed by atoms with E-state index in [1.54, 1.807) is 0 Å². The molecule has 0 bridgehead atoms. The molecule has 0 rings (SSSR count). The van der Waals surface area contributed by atoms with Gasteiger partial charge in [0.05, 0.1) is 18.8 Å². The molecule has 1 amide bonds. The fourth-order valence-electron chi connectivity index (χ4n) is 4.96. The molecule has 0 aliphatic rings. The third kappa shape index (κ3) is 25.1. The number of allylic oxidation sites excluding steroid dienone is 6. The van der Waals surface area contributed by atoms with Crippen molar-refractivity contribution in [3.8, 4) is 0 Å². The standard InChI is InChI=1S/C36H67NO5/c1-3-5-7-9-11-13-14-15-16-17-18-19-20-21-22-24-25-27-29-33(39)35(41)32(31-38)37-36(42)34(40)30-28-26-23-12-10-8-6-4-2/h14-15,18-19,22,24,32-35,38-41H,3-13,16-17,20-21,23,25-31H2,1-2H3,(H,37,42)/b15-14+,19-18+,24-22+. The summed E-state index contributed by atoms with van der Waals surface area (Å²) in [6, 6.07) is -1.01. The second kappa shape index (κ2) is 31.0. The van der Waals surface area contributed by atoms with Crippen molar-refractivity contribution < 1.29 is 25.2 Å². The molecule has 0 saturated heterocycles. The summed E-state index contributed by atoms with van der Waals surface area (Å²) in [6.07, 6.45) is 33.2. The molecule has 0 fully saturated rings. The molecule has 0 aromatic heterocycles. The Morgan fingerprint density at radius 3 is 1.50 bits per heavy atom. The van der Waals surface area contributed by atoms with Crippen LogP contribution < -0.4 is 5.32 Å². The molecule has 42 heavy (non-hydrogen) atoms. The van der Waals surface area contributed by atoms with Gasteiger partial charge < -0.3 is 25.7 Å². The van der Waals surface area contributed by atoms with Crippen molar-refractivity contribution in [3.63, 3.8) is 0 Å². The highest BCUT2D eigenvalue weighted by molar-refractivity contribution is 5.80. The lowest BCUT2D eigenvalue weighted by Crippen LogP contribution is -2.53. The molecule has 0 radical (unpaired) electrons. The first-order chi connectivity index (χ1) is 20.5. The molecule has 0 aromatic rings. The average molecular weight is 594 g/mol. The molecule has 0 aliphatic heterocycles. The summed E-state index contributed by atoms with van der Waals surface area (Å²) >= 11 is 0. The van der Waals surface area contributed by atoms with Gasteiger partial charge in [-0.05, 0) is 64.2 Å². The van der Waals surface area contributed by atoms with Gasteiger partial charge in [0.1, 0.15) is 12.2 Å². The number of carbonyl (C=O) groups is 1. The quantitative estimate of drug-likeness (QED) is 0.0431. The van der Waals surface area contributed by atoms with Gasteiger partial charge in [0, 0.05) is 0 Å². The van der Waals surface area contributed by atoms with Crippen LogP contribution in [0.25, 0.3) is 0 Å². The summed E-state index contributed by atoms with van der Waals surface area (Å²) < 4.78 is 0. The molecule has 4 atom stereocenters. The Morgan fingerprint density at radius 2 is 1.00 bits per heavy atom. The Hall–Kier alpha value is -1.47. The first-order valence-electron chi connectivity index (χ1n) is 17.4. The number of hydrogen-bond donors (Lipinski definition) is 5. The molecular weight excluding hydrogens is 526 g/mol. The zero-order valence-corrected chi connectivity index (χ0v) is 27.2. The highest BCUT2D eigenvalue weighted by Crippen LogP contribution is 2.13. The lowest BCUT2D eigenvalue weighted by atomic mass is 10.00. The van der Waals surface area contributed by atoms with Gasteiger partial charge in [-0.1, -0.05) is 127 Å². The van der Waals surface area contributed by atoms with Crippen molar-refractivity contribution in [1.29, 1.82) is 0 Å². The second-order valence-electron chi connectivity index (χ2n) is 11.8. The van der Waals surface area contributed by atoms with Crippen LogP contribution in [-0.4, -0.2) is 57.3 Å². The lowest BCUT2D eigenvalue weighted by molar-refractivity contribution is -0.132. The maximum atomic E-state index is 12.3. The van der Waals surface area contributed by atoms with E-state index in [1.807, 2.05) is 0 Å². The van der Waals surface area contributed by atoms with Gasteiger partial charge >= 0.3 is 0 Å². The molecular formula is C36H67NO5. The highest BCUT2D eigenvalue weighted by atomic mass is 16.3. The largest absolute Gasteiger partial charge is 0.394 e. The van der Waals surface area contributed by atoms with Crippen LogP contribution in [0.3, 0.4) is 0 Å². The molecule has 246 valence electrons. The van der Waals surface area contributed by atoms with Crippen LogP contribution in [0, 0.1) is 0 Å². The summed E-state index contributed by atoms with van der Waals surface area (Å²) in [5, 5.41) is 43.2. The van der Waals surface area contributed by atoms with E-state index in [-0.39, 0.29) is 0 Å². The first kappa shape index (κ1) is 40.5. The normalized spacial score (nSPS) is 15.1. The minimum absolute atomic E-state index is 0.358. The molecule has 0 aromatic carbocycles. The van der Waals surface area contributed by atoms with Crippen molar-refractivity contribution in [2.24, 2.45) is 0 Å². The smallest absolute Gasteiger partial charge is 0.249 e. The van der Waals surface area contributed by atoms with Gasteiger partial charge in [0.15, 0.2) is 0 Å². The van der Waals surface area contributed by atoms with Crippen LogP contribution in [0.15, 0.2) is 36.5 Å². The Labute approximate surface area is 258 Å². The van der Waals surface area contributed by atoms with Crippen LogP contribution >= 0.6 is 0 Å². The van der Waals surface area contributed by atoms with Crippen LogP contribution in [0.5, 0.6) is 0 Å². The third-order valence-electron chi connectivity index (χ3n) is 7.81. The molecule has 4 unspecified atom stereocenters. The van der Waals surface area contributed by atoms with Gasteiger partial charge in [-0.25, -0.2) is 0 Å². The van der Waals surface area contributed by atoms with Crippen molar-refractivity contribution in [2.45, 2.75) is 179 Å². The fraction of sp³-hybridized carbons (Fsp3) is 0.806. The molecule has 5 N–H and O–H groups in total. The van der Waals surface area contributed by atoms with Crippen LogP contribution in [0.1, 0.15) is 155 Å². The molecule has 0 spiro atoms. The molecule has 6 nitrogen and oxygen atoms in total. The van der Waals surface area contributed by atoms with E-state index in [2.05, 4.69) is 55.6 Å². The molecule has 0 saturated carbocycles. The number of aliphatic hydroxyl groups excluding tert-OH is 4. The van der Waals surface area contributed by atoms with E-state index in [4.69, 9.17) is 0 Å². The van der Waals surface area contributed by atoms with Gasteiger partial charge in [-0.15, -0.1) is 0 Å². The Kier molecular flexibility index (Phi) is 29.9. The molecule has 0 aliphatic carbocycles. The SMILES string of the molecule is CCCCCCC/C=C/CC/C=C/CC/C=C/CCCC(O)C(O)C(CO)NC(=O)C(O)CCCCCCCCCC. The molecule has 0 heterocycles. The number of hydrogen-bond acceptors (Lipinski definition) is 5. The van der Waals surface area contributed by atoms with Crippen LogP contribution in [0.2, 0.25) is 0 Å². The van der Waals surface area contributed by atoms with E-state index in [9.17, 15) is 25.2 Å². The van der Waals surface area contributed by atoms with Gasteiger partial charge in [-0.3, -0.25) is 4.79 Å². The Bertz CT molecular complexity index is 678. The zero-order chi connectivity index (χ0) is 31.1. The van der Waals surface area contributed by atoms with Crippen molar-refractivity contribution in [3.05, 3.63) is 36.5 Å². The van der Waals surface area contributed by atoms with E-state index in [0.29, 0.717) is 19.3 Å². The predicted octanol–water partition coefficient (Wildman–Crippen LogP) is 7.84. The number of nitrogens with one attached hydrogen (secondary N) is 1. The van der Waals surface area contributed by atoms with Crippen LogP contribution in [-0.2, 0) is 4.79 Å². The van der Waals surface area contributed by atoms with E-state index in [0.717, 1.165) is 51.4 Å². The lowest BCUT2D eigenvalue weighted by Gasteiger charge is -2.27. The monoisotopic (exact) mass is 594 g/mol. The third-order valence-corrected chi connectivity index (χ3v) is 7.81. The van der Waals surface area contributed by atoms with Gasteiger partial charge in [0.2, 0.25) is 5.91 Å². The Morgan fingerprint density at radius 1 is 0.571 bits per heavy atom. The fourth-order valence-corrected chi connectivity index (χ4v) is 4.96. The van der Waals surface area contributed by atoms with Crippen LogP contribution in [0.4, 0.5) is 0 Å². The van der Waals surface area contributed by atoms with E-state index in [1.165, 1.54) is 70.6 Å². The predicted molar refractivity (Wildman–Crippen MR) is 177 cm³/mol. The number of rotatable bonds is 30. The zero-order valence-electron chi connectivity index (χ0n) is 27.2. The van der Waals surface area contributed by atoms with Gasteiger partial charge in [-0.2, -0.15) is 0 Å². The Balaban J connectivity index is 3.93. The topological polar surface area (TPSA) is 110 Å². The maximum Gasteiger partial charge on any atom is 0.249 e. The van der Waals surface area contributed by atoms with Crippen molar-refractivity contribution in [2.75, 3.05) is 6.61 Å². The summed E-state index contributed by atoms with van der Waals surface area (Å²) in [5.74, 6) is -0.607. The van der Waals surface area contributed by atoms with E-state index < -0.39 is 36.9 Å². The summed E-state index contributed by atoms with van der Waals surface area (Å²) in [4.78, 5) is 12.3. The maximum absolute atomic E-state index is 12.3. The van der Waals surface area contributed by atoms with E-state index >= 15 is 0 Å². The minimum Gasteiger partial charge on any atom is -0.394 e. The summed E-state index contributed by atoms with van der Waals surface area (Å²) in [7, 11) is 0. The van der Waals surface area contributed by atoms with Gasteiger partial charge in [0.25, 0.3) is 0 Å². The number of amides is 1. The minimum atomic E-state index is -1.29. The number of carbonyl (C=O) groups excluding carboxylic acids is 1. The first-order valence-corrected chi connectivity index (χ1v) is 17.4. The highest BCUT2D eigenvalue weighted by Gasteiger charge is 2.28. The molecule has 6 heteroatoms. The summed E-state index contributed by atoms with van der Waals surface area (Å²) in [6.45, 7) is 3.95. The second-order valence-corrected chi connectivity index (χ2v) is 11.8. The number of unbranched alkanes of at least 4 members (excludes halogenated alkanes) is 15. The van der Waals surface area contributed by atoms with Crippen molar-refractivity contribution >= 4 is 5.91 Å². The average Bonchev–Trinajstić information content (AvgIpc) is 2.99.